The fourth-order valence-corrected chi connectivity index (χ4v) is 4.55. The Balaban J connectivity index is 1.59. The number of nitrogens with one attached hydrogen (secondary N) is 1. The van der Waals surface area contributed by atoms with Gasteiger partial charge in [-0.15, -0.1) is 0 Å². The third-order valence-corrected chi connectivity index (χ3v) is 6.59. The Kier molecular flexibility index (Phi) is 5.79. The van der Waals surface area contributed by atoms with Crippen molar-refractivity contribution in [2.24, 2.45) is 0 Å². The van der Waals surface area contributed by atoms with E-state index in [2.05, 4.69) is 20.7 Å². The molecule has 0 aromatic heterocycles. The highest BCUT2D eigenvalue weighted by atomic mass is 79.9. The van der Waals surface area contributed by atoms with Crippen LogP contribution in [0.1, 0.15) is 28.8 Å². The molecule has 0 saturated carbocycles. The van der Waals surface area contributed by atoms with Crippen molar-refractivity contribution in [3.05, 3.63) is 64.1 Å². The molecule has 1 heterocycles. The van der Waals surface area contributed by atoms with Gasteiger partial charge < -0.3 is 4.90 Å². The maximum Gasteiger partial charge on any atom is 0.253 e. The number of piperidine rings is 1. The maximum atomic E-state index is 12.5. The summed E-state index contributed by atoms with van der Waals surface area (Å²) in [6.45, 7) is 3.07. The molecule has 1 saturated heterocycles. The summed E-state index contributed by atoms with van der Waals surface area (Å²) in [5.74, 6) is -0.000725. The van der Waals surface area contributed by atoms with Crippen LogP contribution in [0.25, 0.3) is 0 Å². The van der Waals surface area contributed by atoms with E-state index in [0.717, 1.165) is 10.0 Å². The number of likely N-dealkylation sites (tertiary alicyclic amines) is 1. The first-order valence-electron chi connectivity index (χ1n) is 8.49. The highest BCUT2D eigenvalue weighted by Crippen LogP contribution is 2.19. The van der Waals surface area contributed by atoms with Crippen molar-refractivity contribution in [2.45, 2.75) is 30.7 Å². The fourth-order valence-electron chi connectivity index (χ4n) is 2.98. The van der Waals surface area contributed by atoms with E-state index in [1.165, 1.54) is 0 Å². The molecule has 0 spiro atoms. The topological polar surface area (TPSA) is 66.5 Å². The third kappa shape index (κ3) is 4.52. The van der Waals surface area contributed by atoms with Crippen molar-refractivity contribution < 1.29 is 13.2 Å². The van der Waals surface area contributed by atoms with Crippen molar-refractivity contribution in [3.8, 4) is 0 Å². The lowest BCUT2D eigenvalue weighted by molar-refractivity contribution is 0.0711. The number of benzene rings is 2. The Hall–Kier alpha value is -1.70. The molecule has 0 atom stereocenters. The zero-order valence-corrected chi connectivity index (χ0v) is 16.9. The van der Waals surface area contributed by atoms with E-state index in [1.807, 2.05) is 31.2 Å². The molecule has 1 aliphatic heterocycles. The van der Waals surface area contributed by atoms with Gasteiger partial charge in [-0.1, -0.05) is 33.6 Å². The predicted octanol–water partition coefficient (Wildman–Crippen LogP) is 3.34. The van der Waals surface area contributed by atoms with Gasteiger partial charge in [0.15, 0.2) is 0 Å². The number of carbonyl (C=O) groups excluding carboxylic acids is 1. The number of amides is 1. The molecule has 0 aliphatic carbocycles. The van der Waals surface area contributed by atoms with Crippen molar-refractivity contribution in [1.29, 1.82) is 0 Å². The van der Waals surface area contributed by atoms with Crippen LogP contribution < -0.4 is 4.72 Å². The normalized spacial score (nSPS) is 15.8. The van der Waals surface area contributed by atoms with Crippen LogP contribution in [0.2, 0.25) is 0 Å². The average molecular weight is 437 g/mol. The van der Waals surface area contributed by atoms with Gasteiger partial charge in [-0.2, -0.15) is 0 Å². The van der Waals surface area contributed by atoms with Crippen LogP contribution in [0.4, 0.5) is 0 Å². The number of hydrogen-bond acceptors (Lipinski definition) is 3. The van der Waals surface area contributed by atoms with Crippen LogP contribution in [0, 0.1) is 6.92 Å². The van der Waals surface area contributed by atoms with Crippen LogP contribution in [0.15, 0.2) is 57.9 Å². The summed E-state index contributed by atoms with van der Waals surface area (Å²) in [5, 5.41) is 0. The van der Waals surface area contributed by atoms with Gasteiger partial charge in [0.1, 0.15) is 0 Å². The molecule has 26 heavy (non-hydrogen) atoms. The molecule has 2 aromatic rings. The molecular formula is C19H21BrN2O3S. The smallest absolute Gasteiger partial charge is 0.253 e. The number of nitrogens with zero attached hydrogens (tertiary/aromatic N) is 1. The van der Waals surface area contributed by atoms with Crippen LogP contribution in [0.5, 0.6) is 0 Å². The summed E-state index contributed by atoms with van der Waals surface area (Å²) in [4.78, 5) is 14.6. The first kappa shape index (κ1) is 19.1. The van der Waals surface area contributed by atoms with E-state index in [-0.39, 0.29) is 16.8 Å². The average Bonchev–Trinajstić information content (AvgIpc) is 2.62. The Bertz CT molecular complexity index is 872. The molecule has 7 heteroatoms. The summed E-state index contributed by atoms with van der Waals surface area (Å²) in [5.41, 5.74) is 1.78. The van der Waals surface area contributed by atoms with E-state index < -0.39 is 10.0 Å². The Morgan fingerprint density at radius 2 is 1.62 bits per heavy atom. The fraction of sp³-hybridized carbons (Fsp3) is 0.316. The molecule has 1 fully saturated rings. The summed E-state index contributed by atoms with van der Waals surface area (Å²) in [7, 11) is -3.55. The zero-order chi connectivity index (χ0) is 18.7. The van der Waals surface area contributed by atoms with Gasteiger partial charge in [0, 0.05) is 29.2 Å². The van der Waals surface area contributed by atoms with Gasteiger partial charge in [0.05, 0.1) is 4.90 Å². The molecule has 5 nitrogen and oxygen atoms in total. The van der Waals surface area contributed by atoms with Crippen molar-refractivity contribution in [1.82, 2.24) is 9.62 Å². The van der Waals surface area contributed by atoms with Crippen LogP contribution in [0.3, 0.4) is 0 Å². The van der Waals surface area contributed by atoms with Gasteiger partial charge in [0.25, 0.3) is 5.91 Å². The lowest BCUT2D eigenvalue weighted by Gasteiger charge is -2.32. The van der Waals surface area contributed by atoms with Gasteiger partial charge in [0.2, 0.25) is 10.0 Å². The monoisotopic (exact) mass is 436 g/mol. The SMILES string of the molecule is Cc1ccc(C(=O)N2CCC(NS(=O)(=O)c3ccc(Br)cc3)CC2)cc1. The number of rotatable bonds is 4. The summed E-state index contributed by atoms with van der Waals surface area (Å²) < 4.78 is 28.5. The third-order valence-electron chi connectivity index (χ3n) is 4.53. The Labute approximate surface area is 162 Å². The second-order valence-electron chi connectivity index (χ2n) is 6.51. The Morgan fingerprint density at radius 3 is 2.19 bits per heavy atom. The van der Waals surface area contributed by atoms with Gasteiger partial charge >= 0.3 is 0 Å². The maximum absolute atomic E-state index is 12.5. The summed E-state index contributed by atoms with van der Waals surface area (Å²) >= 11 is 3.30. The van der Waals surface area contributed by atoms with Crippen molar-refractivity contribution in [3.63, 3.8) is 0 Å². The highest BCUT2D eigenvalue weighted by Gasteiger charge is 2.27. The van der Waals surface area contributed by atoms with E-state index in [1.54, 1.807) is 29.2 Å². The van der Waals surface area contributed by atoms with Gasteiger partial charge in [-0.25, -0.2) is 13.1 Å². The molecule has 1 N–H and O–H groups in total. The number of halogens is 1. The lowest BCUT2D eigenvalue weighted by atomic mass is 10.0. The predicted molar refractivity (Wildman–Crippen MR) is 105 cm³/mol. The van der Waals surface area contributed by atoms with Gasteiger partial charge in [-0.3, -0.25) is 4.79 Å². The molecule has 3 rings (SSSR count). The van der Waals surface area contributed by atoms with Gasteiger partial charge in [-0.05, 0) is 56.2 Å². The van der Waals surface area contributed by atoms with Crippen molar-refractivity contribution in [2.75, 3.05) is 13.1 Å². The lowest BCUT2D eigenvalue weighted by Crippen LogP contribution is -2.46. The van der Waals surface area contributed by atoms with Crippen molar-refractivity contribution >= 4 is 31.9 Å². The van der Waals surface area contributed by atoms with E-state index in [9.17, 15) is 13.2 Å². The number of sulfonamides is 1. The quantitative estimate of drug-likeness (QED) is 0.798. The number of hydrogen-bond donors (Lipinski definition) is 1. The Morgan fingerprint density at radius 1 is 1.04 bits per heavy atom. The summed E-state index contributed by atoms with van der Waals surface area (Å²) in [6, 6.07) is 13.9. The summed E-state index contributed by atoms with van der Waals surface area (Å²) in [6.07, 6.45) is 1.21. The standard InChI is InChI=1S/C19H21BrN2O3S/c1-14-2-4-15(5-3-14)19(23)22-12-10-17(11-13-22)21-26(24,25)18-8-6-16(20)7-9-18/h2-9,17,21H,10-13H2,1H3. The molecule has 2 aromatic carbocycles. The van der Waals surface area contributed by atoms with Crippen LogP contribution >= 0.6 is 15.9 Å². The van der Waals surface area contributed by atoms with Crippen LogP contribution in [-0.4, -0.2) is 38.4 Å². The molecular weight excluding hydrogens is 416 g/mol. The van der Waals surface area contributed by atoms with E-state index in [4.69, 9.17) is 0 Å². The largest absolute Gasteiger partial charge is 0.339 e. The number of aryl methyl sites for hydroxylation is 1. The minimum absolute atomic E-state index is 0.000725. The molecule has 1 amide bonds. The second kappa shape index (κ2) is 7.90. The number of carbonyl (C=O) groups is 1. The molecule has 0 bridgehead atoms. The molecule has 0 unspecified atom stereocenters. The second-order valence-corrected chi connectivity index (χ2v) is 9.14. The minimum Gasteiger partial charge on any atom is -0.339 e. The molecule has 0 radical (unpaired) electrons. The van der Waals surface area contributed by atoms with E-state index in [0.29, 0.717) is 31.5 Å². The van der Waals surface area contributed by atoms with Crippen LogP contribution in [-0.2, 0) is 10.0 Å². The molecule has 1 aliphatic rings. The molecule has 138 valence electrons. The highest BCUT2D eigenvalue weighted by molar-refractivity contribution is 9.10. The zero-order valence-electron chi connectivity index (χ0n) is 14.5. The first-order valence-corrected chi connectivity index (χ1v) is 10.8. The first-order chi connectivity index (χ1) is 12.3. The minimum atomic E-state index is -3.55. The van der Waals surface area contributed by atoms with E-state index >= 15 is 0 Å².